The third-order valence-corrected chi connectivity index (χ3v) is 9.38. The fraction of sp³-hybridized carbons (Fsp3) is 0.750. The van der Waals surface area contributed by atoms with E-state index in [1.165, 1.54) is 12.1 Å². The molecule has 1 aromatic carbocycles. The van der Waals surface area contributed by atoms with Crippen molar-refractivity contribution in [3.05, 3.63) is 29.8 Å². The molecule has 0 amide bonds. The third kappa shape index (κ3) is 7.65. The van der Waals surface area contributed by atoms with Crippen molar-refractivity contribution in [2.45, 2.75) is 115 Å². The molecule has 5 rings (SSSR count). The van der Waals surface area contributed by atoms with E-state index in [1.54, 1.807) is 12.1 Å². The van der Waals surface area contributed by atoms with Gasteiger partial charge in [0.25, 0.3) is 0 Å². The van der Waals surface area contributed by atoms with Gasteiger partial charge in [0.05, 0.1) is 11.7 Å². The molecule has 6 atom stereocenters. The normalized spacial score (nSPS) is 28.3. The Labute approximate surface area is 243 Å². The van der Waals surface area contributed by atoms with E-state index in [-0.39, 0.29) is 65.3 Å². The van der Waals surface area contributed by atoms with E-state index in [1.807, 2.05) is 0 Å². The molecule has 0 aromatic heterocycles. The molecule has 3 aliphatic carbocycles. The lowest BCUT2D eigenvalue weighted by molar-refractivity contribution is -0.404. The monoisotopic (exact) mass is 594 g/mol. The number of benzene rings is 1. The first-order chi connectivity index (χ1) is 17.3. The summed E-state index contributed by atoms with van der Waals surface area (Å²) in [6.07, 6.45) is 2.96. The van der Waals surface area contributed by atoms with Crippen molar-refractivity contribution in [3.8, 4) is 5.75 Å². The Morgan fingerprint density at radius 2 is 1.79 bits per heavy atom. The van der Waals surface area contributed by atoms with Gasteiger partial charge in [-0.05, 0) is 79.8 Å². The highest BCUT2D eigenvalue weighted by molar-refractivity contribution is 6.47. The van der Waals surface area contributed by atoms with E-state index in [2.05, 4.69) is 38.2 Å². The van der Waals surface area contributed by atoms with Gasteiger partial charge in [0, 0.05) is 12.8 Å². The van der Waals surface area contributed by atoms with E-state index < -0.39 is 13.5 Å². The van der Waals surface area contributed by atoms with Crippen LogP contribution in [0.15, 0.2) is 24.3 Å². The van der Waals surface area contributed by atoms with E-state index in [0.29, 0.717) is 31.1 Å². The van der Waals surface area contributed by atoms with Crippen LogP contribution in [-0.2, 0) is 20.5 Å². The van der Waals surface area contributed by atoms with Crippen LogP contribution in [0.1, 0.15) is 84.6 Å². The number of hydrogen-bond donors (Lipinski definition) is 1. The Kier molecular flexibility index (Phi) is 11.7. The maximum atomic E-state index is 12.9. The summed E-state index contributed by atoms with van der Waals surface area (Å²) in [5.41, 5.74) is 4.82. The van der Waals surface area contributed by atoms with Gasteiger partial charge in [-0.15, -0.1) is 13.2 Å². The second kappa shape index (κ2) is 13.3. The van der Waals surface area contributed by atoms with Crippen molar-refractivity contribution in [3.63, 3.8) is 0 Å². The van der Waals surface area contributed by atoms with Crippen molar-refractivity contribution in [1.29, 1.82) is 0 Å². The van der Waals surface area contributed by atoms with Crippen molar-refractivity contribution in [2.75, 3.05) is 0 Å². The highest BCUT2D eigenvalue weighted by Crippen LogP contribution is 2.66. The van der Waals surface area contributed by atoms with E-state index in [0.717, 1.165) is 44.1 Å². The third-order valence-electron chi connectivity index (χ3n) is 9.38. The highest BCUT2D eigenvalue weighted by Gasteiger charge is 2.68. The summed E-state index contributed by atoms with van der Waals surface area (Å²) < 4.78 is 55.0. The van der Waals surface area contributed by atoms with Gasteiger partial charge < -0.3 is 44.6 Å². The molecular formula is C28H42BCl2F3NO4-. The van der Waals surface area contributed by atoms with Gasteiger partial charge in [0.1, 0.15) is 11.8 Å². The van der Waals surface area contributed by atoms with Gasteiger partial charge in [0.2, 0.25) is 0 Å². The van der Waals surface area contributed by atoms with Crippen LogP contribution in [0.25, 0.3) is 0 Å². The van der Waals surface area contributed by atoms with E-state index in [9.17, 15) is 18.0 Å². The number of alkyl halides is 3. The Morgan fingerprint density at radius 1 is 1.13 bits per heavy atom. The summed E-state index contributed by atoms with van der Waals surface area (Å²) in [6, 6.07) is 5.74. The zero-order valence-corrected chi connectivity index (χ0v) is 24.9. The second-order valence-corrected chi connectivity index (χ2v) is 12.2. The standard InChI is InChI=1S/C28H41BF3NO4.2ClH/c1-5-6-7-8-22(33)23(34)14-11-20(15-18-9-12-21(13-10-18)35-28(30,31)32)29-36-25-17-19-16-24(26(19,2)3)27(25,4)37-29;;/h9-10,12-13,19-20,22,24-25H,5-8,11,14-17,33H2,1-4H3;2*1H/p-1/t19?,20-,22+,24?,25?,27+;;/m0../s1. The zero-order chi connectivity index (χ0) is 27.0. The molecule has 3 unspecified atom stereocenters. The number of hydrogen-bond acceptors (Lipinski definition) is 4. The first-order valence-electron chi connectivity index (χ1n) is 13.9. The number of quaternary nitrogens is 1. The first-order valence-corrected chi connectivity index (χ1v) is 13.9. The molecule has 1 aliphatic heterocycles. The Hall–Kier alpha value is -0.995. The molecule has 2 bridgehead atoms. The number of carbonyl (C=O) groups is 1. The fourth-order valence-corrected chi connectivity index (χ4v) is 6.90. The predicted octanol–water partition coefficient (Wildman–Crippen LogP) is -0.226. The molecule has 11 heteroatoms. The fourth-order valence-electron chi connectivity index (χ4n) is 6.90. The summed E-state index contributed by atoms with van der Waals surface area (Å²) in [5.74, 6) is 0.875. The number of ether oxygens (including phenoxy) is 1. The van der Waals surface area contributed by atoms with Crippen LogP contribution in [0.4, 0.5) is 13.2 Å². The largest absolute Gasteiger partial charge is 1.00 e. The zero-order valence-electron chi connectivity index (χ0n) is 23.4. The highest BCUT2D eigenvalue weighted by atomic mass is 35.5. The minimum absolute atomic E-state index is 0. The van der Waals surface area contributed by atoms with E-state index >= 15 is 0 Å². The van der Waals surface area contributed by atoms with Crippen molar-refractivity contribution in [2.24, 2.45) is 17.3 Å². The van der Waals surface area contributed by atoms with Gasteiger partial charge in [0.15, 0.2) is 5.78 Å². The molecule has 3 N–H and O–H groups in total. The molecule has 0 spiro atoms. The smallest absolute Gasteiger partial charge is 0.573 e. The van der Waals surface area contributed by atoms with Gasteiger partial charge in [-0.2, -0.15) is 0 Å². The van der Waals surface area contributed by atoms with Gasteiger partial charge in [-0.3, -0.25) is 4.79 Å². The van der Waals surface area contributed by atoms with E-state index in [4.69, 9.17) is 9.31 Å². The summed E-state index contributed by atoms with van der Waals surface area (Å²) in [6.45, 7) is 8.94. The van der Waals surface area contributed by atoms with Crippen LogP contribution in [0.5, 0.6) is 5.75 Å². The van der Waals surface area contributed by atoms with Crippen LogP contribution in [0, 0.1) is 17.3 Å². The number of unbranched alkanes of at least 4 members (excludes halogenated alkanes) is 2. The van der Waals surface area contributed by atoms with Crippen molar-refractivity contribution >= 4 is 12.9 Å². The lowest BCUT2D eigenvalue weighted by atomic mass is 9.43. The quantitative estimate of drug-likeness (QED) is 0.268. The second-order valence-electron chi connectivity index (χ2n) is 12.2. The van der Waals surface area contributed by atoms with Crippen molar-refractivity contribution in [1.82, 2.24) is 0 Å². The van der Waals surface area contributed by atoms with Crippen molar-refractivity contribution < 1.29 is 62.6 Å². The topological polar surface area (TPSA) is 72.4 Å². The molecule has 39 heavy (non-hydrogen) atoms. The molecule has 1 heterocycles. The minimum atomic E-state index is -4.72. The lowest BCUT2D eigenvalue weighted by Crippen LogP contribution is -3.00. The summed E-state index contributed by atoms with van der Waals surface area (Å²) in [5, 5.41) is 0. The Bertz CT molecular complexity index is 952. The molecule has 4 aliphatic rings. The number of Topliss-reactive ketones (excluding diaryl/α,β-unsaturated/α-hetero) is 1. The van der Waals surface area contributed by atoms with Crippen LogP contribution < -0.4 is 35.3 Å². The van der Waals surface area contributed by atoms with Gasteiger partial charge in [-0.1, -0.05) is 45.7 Å². The Morgan fingerprint density at radius 3 is 2.38 bits per heavy atom. The predicted molar refractivity (Wildman–Crippen MR) is 136 cm³/mol. The first kappa shape index (κ1) is 34.2. The van der Waals surface area contributed by atoms with Crippen LogP contribution in [-0.4, -0.2) is 37.0 Å². The van der Waals surface area contributed by atoms with Gasteiger partial charge in [-0.25, -0.2) is 0 Å². The molecule has 5 nitrogen and oxygen atoms in total. The molecule has 1 aromatic rings. The molecule has 0 radical (unpaired) electrons. The Balaban J connectivity index is 0.00000267. The lowest BCUT2D eigenvalue weighted by Gasteiger charge is -2.64. The molecule has 4 fully saturated rings. The maximum Gasteiger partial charge on any atom is 0.573 e. The minimum Gasteiger partial charge on any atom is -1.00 e. The molecule has 222 valence electrons. The molecule has 3 saturated carbocycles. The number of carbonyl (C=O) groups excluding carboxylic acids is 1. The summed E-state index contributed by atoms with van der Waals surface area (Å²) >= 11 is 0. The SMILES string of the molecule is CCCCC[C@@H]([NH3+])C(=O)CC[C@@H](Cc1ccc(OC(F)(F)F)cc1)B1OC2CC3CC(C3(C)C)[C@@]2(C)O1.[Cl-].[Cl-]. The average molecular weight is 595 g/mol. The molecule has 1 saturated heterocycles. The average Bonchev–Trinajstić information content (AvgIpc) is 3.18. The number of halogens is 5. The summed E-state index contributed by atoms with van der Waals surface area (Å²) in [7, 11) is -0.451. The van der Waals surface area contributed by atoms with Gasteiger partial charge >= 0.3 is 13.5 Å². The van der Waals surface area contributed by atoms with Crippen LogP contribution >= 0.6 is 0 Å². The summed E-state index contributed by atoms with van der Waals surface area (Å²) in [4.78, 5) is 12.9. The number of rotatable bonds is 12. The van der Waals surface area contributed by atoms with Crippen LogP contribution in [0.3, 0.4) is 0 Å². The van der Waals surface area contributed by atoms with Crippen LogP contribution in [0.2, 0.25) is 5.82 Å². The number of ketones is 1. The maximum absolute atomic E-state index is 12.9. The molecular weight excluding hydrogens is 553 g/mol.